The zero-order valence-corrected chi connectivity index (χ0v) is 20.0. The van der Waals surface area contributed by atoms with Gasteiger partial charge in [-0.25, -0.2) is 16.8 Å². The molecule has 1 unspecified atom stereocenters. The number of carbonyl (C=O) groups is 2. The highest BCUT2D eigenvalue weighted by Crippen LogP contribution is 2.26. The predicted molar refractivity (Wildman–Crippen MR) is 119 cm³/mol. The van der Waals surface area contributed by atoms with Crippen molar-refractivity contribution >= 4 is 31.7 Å². The Balaban J connectivity index is 1.69. The molecule has 0 spiro atoms. The molecule has 2 aliphatic rings. The second-order valence-corrected chi connectivity index (χ2v) is 12.2. The van der Waals surface area contributed by atoms with Crippen LogP contribution in [0.2, 0.25) is 0 Å². The van der Waals surface area contributed by atoms with E-state index < -0.39 is 19.9 Å². The van der Waals surface area contributed by atoms with Crippen molar-refractivity contribution in [3.8, 4) is 0 Å². The molecule has 2 fully saturated rings. The number of rotatable bonds is 5. The maximum absolute atomic E-state index is 13.2. The van der Waals surface area contributed by atoms with Gasteiger partial charge < -0.3 is 9.80 Å². The van der Waals surface area contributed by atoms with Gasteiger partial charge in [0.15, 0.2) is 9.84 Å². The van der Waals surface area contributed by atoms with Gasteiger partial charge in [-0.1, -0.05) is 12.6 Å². The number of sulfonamides is 1. The van der Waals surface area contributed by atoms with Gasteiger partial charge in [0.05, 0.1) is 15.7 Å². The van der Waals surface area contributed by atoms with E-state index in [0.717, 1.165) is 12.7 Å². The number of amides is 2. The normalized spacial score (nSPS) is 20.8. The molecule has 2 amide bonds. The summed E-state index contributed by atoms with van der Waals surface area (Å²) in [6.45, 7) is 6.81. The second kappa shape index (κ2) is 9.32. The van der Waals surface area contributed by atoms with E-state index in [0.29, 0.717) is 25.1 Å². The summed E-state index contributed by atoms with van der Waals surface area (Å²) in [5, 5.41) is 0. The van der Waals surface area contributed by atoms with Crippen molar-refractivity contribution < 1.29 is 26.4 Å². The molecule has 0 radical (unpaired) electrons. The summed E-state index contributed by atoms with van der Waals surface area (Å²) in [7, 11) is -7.45. The number of aryl methyl sites for hydroxylation is 1. The van der Waals surface area contributed by atoms with E-state index in [2.05, 4.69) is 6.58 Å². The number of sulfone groups is 1. The third-order valence-electron chi connectivity index (χ3n) is 6.01. The van der Waals surface area contributed by atoms with E-state index in [-0.39, 0.29) is 53.7 Å². The Morgan fingerprint density at radius 2 is 1.69 bits per heavy atom. The minimum Gasteiger partial charge on any atom is -0.340 e. The molecule has 3 rings (SSSR count). The van der Waals surface area contributed by atoms with Gasteiger partial charge in [0.25, 0.3) is 0 Å². The first-order valence-corrected chi connectivity index (χ1v) is 13.8. The monoisotopic (exact) mass is 483 g/mol. The van der Waals surface area contributed by atoms with Gasteiger partial charge >= 0.3 is 0 Å². The van der Waals surface area contributed by atoms with Crippen LogP contribution in [-0.2, 0) is 29.4 Å². The number of hydrogen-bond acceptors (Lipinski definition) is 6. The molecule has 11 heteroatoms. The Kier molecular flexibility index (Phi) is 7.11. The van der Waals surface area contributed by atoms with E-state index >= 15 is 0 Å². The summed E-state index contributed by atoms with van der Waals surface area (Å²) in [5.74, 6) is -0.562. The first-order valence-electron chi connectivity index (χ1n) is 10.5. The van der Waals surface area contributed by atoms with Crippen molar-refractivity contribution in [1.82, 2.24) is 14.1 Å². The third-order valence-corrected chi connectivity index (χ3v) is 9.16. The largest absolute Gasteiger partial charge is 0.340 e. The molecule has 0 aliphatic carbocycles. The highest BCUT2D eigenvalue weighted by molar-refractivity contribution is 7.91. The lowest BCUT2D eigenvalue weighted by Gasteiger charge is -2.38. The van der Waals surface area contributed by atoms with Crippen molar-refractivity contribution in [1.29, 1.82) is 0 Å². The molecule has 0 N–H and O–H groups in total. The van der Waals surface area contributed by atoms with Crippen LogP contribution in [0.4, 0.5) is 0 Å². The fraction of sp³-hybridized carbons (Fsp3) is 0.524. The standard InChI is InChI=1S/C21H29N3O6S2/c1-4-20(25)23-9-5-6-17(15-23)21(26)22-10-12-24(13-11-22)32(29,30)19-14-18(31(3,27)28)8-7-16(19)2/h4,7-8,14,17H,1,5-6,9-13,15H2,2-3H3. The number of piperazine rings is 1. The van der Waals surface area contributed by atoms with Gasteiger partial charge in [-0.15, -0.1) is 0 Å². The lowest BCUT2D eigenvalue weighted by molar-refractivity contribution is -0.140. The Morgan fingerprint density at radius 1 is 1.03 bits per heavy atom. The summed E-state index contributed by atoms with van der Waals surface area (Å²) in [6.07, 6.45) is 3.71. The SMILES string of the molecule is C=CC(=O)N1CCCC(C(=O)N2CCN(S(=O)(=O)c3cc(S(C)(=O)=O)ccc3C)CC2)C1. The van der Waals surface area contributed by atoms with E-state index in [4.69, 9.17) is 0 Å². The molecule has 32 heavy (non-hydrogen) atoms. The minimum atomic E-state index is -3.91. The van der Waals surface area contributed by atoms with Gasteiger partial charge in [0.2, 0.25) is 21.8 Å². The summed E-state index contributed by atoms with van der Waals surface area (Å²) in [6, 6.07) is 4.08. The number of likely N-dealkylation sites (tertiary alicyclic amines) is 1. The molecule has 0 saturated carbocycles. The van der Waals surface area contributed by atoms with Crippen LogP contribution >= 0.6 is 0 Å². The van der Waals surface area contributed by atoms with Crippen LogP contribution in [0.3, 0.4) is 0 Å². The maximum Gasteiger partial charge on any atom is 0.245 e. The predicted octanol–water partition coefficient (Wildman–Crippen LogP) is 0.656. The highest BCUT2D eigenvalue weighted by atomic mass is 32.2. The number of benzene rings is 1. The molecule has 0 bridgehead atoms. The van der Waals surface area contributed by atoms with Crippen LogP contribution in [0.1, 0.15) is 18.4 Å². The molecule has 176 valence electrons. The van der Waals surface area contributed by atoms with E-state index in [1.165, 1.54) is 28.6 Å². The topological polar surface area (TPSA) is 112 Å². The Hall–Kier alpha value is -2.24. The third kappa shape index (κ3) is 5.05. The molecule has 1 atom stereocenters. The minimum absolute atomic E-state index is 0.0361. The fourth-order valence-corrected chi connectivity index (χ4v) is 6.54. The summed E-state index contributed by atoms with van der Waals surface area (Å²) in [4.78, 5) is 28.0. The van der Waals surface area contributed by atoms with Crippen LogP contribution in [0.15, 0.2) is 40.6 Å². The zero-order valence-electron chi connectivity index (χ0n) is 18.4. The van der Waals surface area contributed by atoms with Crippen LogP contribution in [0.25, 0.3) is 0 Å². The molecule has 0 aromatic heterocycles. The van der Waals surface area contributed by atoms with E-state index in [1.807, 2.05) is 0 Å². The number of piperidine rings is 1. The molecule has 2 saturated heterocycles. The van der Waals surface area contributed by atoms with Gasteiger partial charge in [-0.05, 0) is 43.5 Å². The zero-order chi connectivity index (χ0) is 23.7. The van der Waals surface area contributed by atoms with Gasteiger partial charge in [0, 0.05) is 45.5 Å². The van der Waals surface area contributed by atoms with Crippen LogP contribution < -0.4 is 0 Å². The lowest BCUT2D eigenvalue weighted by atomic mass is 9.96. The van der Waals surface area contributed by atoms with Crippen LogP contribution in [-0.4, -0.2) is 88.3 Å². The maximum atomic E-state index is 13.2. The van der Waals surface area contributed by atoms with Gasteiger partial charge in [0.1, 0.15) is 0 Å². The van der Waals surface area contributed by atoms with Crippen molar-refractivity contribution in [3.63, 3.8) is 0 Å². The molecule has 9 nitrogen and oxygen atoms in total. The average molecular weight is 484 g/mol. The summed E-state index contributed by atoms with van der Waals surface area (Å²) >= 11 is 0. The quantitative estimate of drug-likeness (QED) is 0.569. The Labute approximate surface area is 189 Å². The van der Waals surface area contributed by atoms with E-state index in [1.54, 1.807) is 16.7 Å². The van der Waals surface area contributed by atoms with Crippen LogP contribution in [0.5, 0.6) is 0 Å². The first-order chi connectivity index (χ1) is 14.9. The molecular weight excluding hydrogens is 454 g/mol. The van der Waals surface area contributed by atoms with Gasteiger partial charge in [-0.3, -0.25) is 9.59 Å². The van der Waals surface area contributed by atoms with Crippen molar-refractivity contribution in [2.45, 2.75) is 29.6 Å². The molecule has 2 heterocycles. The van der Waals surface area contributed by atoms with Gasteiger partial charge in [-0.2, -0.15) is 4.31 Å². The lowest BCUT2D eigenvalue weighted by Crippen LogP contribution is -2.54. The molecule has 2 aliphatic heterocycles. The Bertz CT molecular complexity index is 1120. The van der Waals surface area contributed by atoms with Crippen molar-refractivity contribution in [2.75, 3.05) is 45.5 Å². The second-order valence-electron chi connectivity index (χ2n) is 8.26. The highest BCUT2D eigenvalue weighted by Gasteiger charge is 2.35. The number of carbonyl (C=O) groups excluding carboxylic acids is 2. The molecular formula is C21H29N3O6S2. The molecule has 1 aromatic carbocycles. The van der Waals surface area contributed by atoms with Crippen molar-refractivity contribution in [3.05, 3.63) is 36.4 Å². The number of hydrogen-bond donors (Lipinski definition) is 0. The number of nitrogens with zero attached hydrogens (tertiary/aromatic N) is 3. The fourth-order valence-electron chi connectivity index (χ4n) is 4.14. The van der Waals surface area contributed by atoms with E-state index in [9.17, 15) is 26.4 Å². The van der Waals surface area contributed by atoms with Crippen molar-refractivity contribution in [2.24, 2.45) is 5.92 Å². The molecule has 1 aromatic rings. The smallest absolute Gasteiger partial charge is 0.245 e. The first kappa shape index (κ1) is 24.4. The summed E-state index contributed by atoms with van der Waals surface area (Å²) < 4.78 is 51.4. The average Bonchev–Trinajstić information content (AvgIpc) is 2.77. The Morgan fingerprint density at radius 3 is 2.28 bits per heavy atom. The van der Waals surface area contributed by atoms with Crippen LogP contribution in [0, 0.1) is 12.8 Å². The summed E-state index contributed by atoms with van der Waals surface area (Å²) in [5.41, 5.74) is 0.463.